The van der Waals surface area contributed by atoms with Gasteiger partial charge in [0.25, 0.3) is 5.56 Å². The van der Waals surface area contributed by atoms with Crippen LogP contribution < -0.4 is 10.3 Å². The van der Waals surface area contributed by atoms with Crippen molar-refractivity contribution in [2.45, 2.75) is 6.92 Å². The highest BCUT2D eigenvalue weighted by Gasteiger charge is 2.18. The quantitative estimate of drug-likeness (QED) is 0.396. The summed E-state index contributed by atoms with van der Waals surface area (Å²) in [4.78, 5) is 13.2. The topological polar surface area (TPSA) is 74.3 Å². The van der Waals surface area contributed by atoms with Crippen molar-refractivity contribution >= 4 is 39.9 Å². The molecule has 0 atom stereocenters. The van der Waals surface area contributed by atoms with Gasteiger partial charge in [-0.15, -0.1) is 10.2 Å². The van der Waals surface area contributed by atoms with Gasteiger partial charge in [-0.3, -0.25) is 9.36 Å². The maximum atomic E-state index is 13.2. The number of benzene rings is 2. The molecule has 0 saturated heterocycles. The smallest absolute Gasteiger partial charge is 0.285 e. The van der Waals surface area contributed by atoms with Gasteiger partial charge in [0.1, 0.15) is 11.3 Å². The number of aryl methyl sites for hydroxylation is 1. The molecule has 7 nitrogen and oxygen atoms in total. The van der Waals surface area contributed by atoms with Gasteiger partial charge < -0.3 is 4.74 Å². The molecule has 0 bridgehead atoms. The van der Waals surface area contributed by atoms with Crippen LogP contribution in [-0.2, 0) is 0 Å². The summed E-state index contributed by atoms with van der Waals surface area (Å²) in [6.07, 6.45) is 1.64. The Morgan fingerprint density at radius 3 is 2.48 bits per heavy atom. The average Bonchev–Trinajstić information content (AvgIpc) is 3.11. The van der Waals surface area contributed by atoms with E-state index in [1.165, 1.54) is 4.57 Å². The predicted molar refractivity (Wildman–Crippen MR) is 121 cm³/mol. The molecule has 154 valence electrons. The van der Waals surface area contributed by atoms with Crippen LogP contribution in [0.25, 0.3) is 33.5 Å². The largest absolute Gasteiger partial charge is 0.497 e. The Kier molecular flexibility index (Phi) is 4.64. The van der Waals surface area contributed by atoms with Gasteiger partial charge in [0, 0.05) is 11.2 Å². The van der Waals surface area contributed by atoms with Crippen LogP contribution in [0.5, 0.6) is 5.75 Å². The molecule has 3 aromatic heterocycles. The summed E-state index contributed by atoms with van der Waals surface area (Å²) >= 11 is 12.3. The molecule has 0 aliphatic carbocycles. The van der Waals surface area contributed by atoms with Crippen molar-refractivity contribution in [3.63, 3.8) is 0 Å². The highest BCUT2D eigenvalue weighted by molar-refractivity contribution is 6.35. The lowest BCUT2D eigenvalue weighted by Crippen LogP contribution is -2.20. The van der Waals surface area contributed by atoms with Crippen LogP contribution in [0, 0.1) is 6.92 Å². The van der Waals surface area contributed by atoms with Crippen LogP contribution in [0.1, 0.15) is 5.69 Å². The number of aromatic nitrogens is 5. The number of halogens is 2. The van der Waals surface area contributed by atoms with E-state index in [-0.39, 0.29) is 11.1 Å². The number of ether oxygens (including phenoxy) is 1. The van der Waals surface area contributed by atoms with Gasteiger partial charge in [0.15, 0.2) is 11.2 Å². The van der Waals surface area contributed by atoms with Gasteiger partial charge >= 0.3 is 0 Å². The maximum absolute atomic E-state index is 13.2. The lowest BCUT2D eigenvalue weighted by molar-refractivity contribution is 0.415. The molecule has 9 heteroatoms. The third-order valence-electron chi connectivity index (χ3n) is 5.10. The van der Waals surface area contributed by atoms with Crippen molar-refractivity contribution in [3.8, 4) is 22.6 Å². The number of hydrogen-bond donors (Lipinski definition) is 0. The first-order chi connectivity index (χ1) is 15.0. The van der Waals surface area contributed by atoms with E-state index in [9.17, 15) is 4.79 Å². The minimum atomic E-state index is -0.352. The van der Waals surface area contributed by atoms with Crippen LogP contribution >= 0.6 is 23.2 Å². The van der Waals surface area contributed by atoms with Crippen LogP contribution in [0.3, 0.4) is 0 Å². The van der Waals surface area contributed by atoms with Crippen LogP contribution in [0.4, 0.5) is 0 Å². The number of nitrogens with zero attached hydrogens (tertiary/aromatic N) is 5. The molecule has 0 radical (unpaired) electrons. The minimum absolute atomic E-state index is 0.185. The zero-order chi connectivity index (χ0) is 21.7. The second-order valence-electron chi connectivity index (χ2n) is 6.94. The first-order valence-corrected chi connectivity index (χ1v) is 10.1. The van der Waals surface area contributed by atoms with Gasteiger partial charge in [-0.2, -0.15) is 5.10 Å². The molecular weight excluding hydrogens is 437 g/mol. The van der Waals surface area contributed by atoms with E-state index in [0.717, 1.165) is 22.6 Å². The zero-order valence-electron chi connectivity index (χ0n) is 16.5. The molecule has 31 heavy (non-hydrogen) atoms. The van der Waals surface area contributed by atoms with E-state index in [1.54, 1.807) is 42.1 Å². The van der Waals surface area contributed by atoms with Crippen molar-refractivity contribution in [3.05, 3.63) is 80.8 Å². The van der Waals surface area contributed by atoms with Crippen molar-refractivity contribution in [2.24, 2.45) is 0 Å². The van der Waals surface area contributed by atoms with Crippen molar-refractivity contribution in [1.29, 1.82) is 0 Å². The molecule has 0 saturated carbocycles. The molecule has 0 fully saturated rings. The maximum Gasteiger partial charge on any atom is 0.285 e. The summed E-state index contributed by atoms with van der Waals surface area (Å²) in [5, 5.41) is 14.0. The molecule has 0 N–H and O–H groups in total. The van der Waals surface area contributed by atoms with Gasteiger partial charge in [-0.05, 0) is 48.9 Å². The zero-order valence-corrected chi connectivity index (χ0v) is 18.0. The Hall–Kier alpha value is -3.42. The fourth-order valence-electron chi connectivity index (χ4n) is 3.62. The van der Waals surface area contributed by atoms with Gasteiger partial charge in [-0.25, -0.2) is 4.52 Å². The van der Waals surface area contributed by atoms with E-state index < -0.39 is 0 Å². The number of fused-ring (bicyclic) bond motifs is 3. The Morgan fingerprint density at radius 2 is 1.77 bits per heavy atom. The van der Waals surface area contributed by atoms with Gasteiger partial charge in [0.2, 0.25) is 0 Å². The SMILES string of the molecule is COc1ccc(-c2c(C)nn3c2nnc2c(=O)n(-c4ccc(Cl)cc4Cl)ccc23)cc1. The normalized spacial score (nSPS) is 11.4. The van der Waals surface area contributed by atoms with Crippen molar-refractivity contribution in [1.82, 2.24) is 24.4 Å². The summed E-state index contributed by atoms with van der Waals surface area (Å²) in [5.41, 5.74) is 4.02. The van der Waals surface area contributed by atoms with Crippen LogP contribution in [0.15, 0.2) is 59.5 Å². The standard InChI is InChI=1S/C22H15Cl2N5O2/c1-12-19(13-3-6-15(31-2)7-4-13)21-26-25-20-18(29(21)27-12)9-10-28(22(20)30)17-8-5-14(23)11-16(17)24/h3-11H,1-2H3. The van der Waals surface area contributed by atoms with E-state index in [4.69, 9.17) is 27.9 Å². The molecule has 0 amide bonds. The lowest BCUT2D eigenvalue weighted by atomic mass is 10.1. The highest BCUT2D eigenvalue weighted by Crippen LogP contribution is 2.30. The van der Waals surface area contributed by atoms with Crippen molar-refractivity contribution < 1.29 is 4.74 Å². The Labute approximate surface area is 186 Å². The van der Waals surface area contributed by atoms with E-state index in [1.807, 2.05) is 31.2 Å². The fourth-order valence-corrected chi connectivity index (χ4v) is 4.11. The number of pyridine rings is 1. The molecule has 0 aliphatic rings. The molecule has 0 unspecified atom stereocenters. The summed E-state index contributed by atoms with van der Waals surface area (Å²) < 4.78 is 8.30. The molecular formula is C22H15Cl2N5O2. The summed E-state index contributed by atoms with van der Waals surface area (Å²) in [6, 6.07) is 14.3. The average molecular weight is 452 g/mol. The van der Waals surface area contributed by atoms with Crippen LogP contribution in [-0.4, -0.2) is 31.5 Å². The third kappa shape index (κ3) is 3.13. The van der Waals surface area contributed by atoms with Gasteiger partial charge in [0.05, 0.1) is 29.1 Å². The fraction of sp³-hybridized carbons (Fsp3) is 0.0909. The van der Waals surface area contributed by atoms with Gasteiger partial charge in [-0.1, -0.05) is 35.3 Å². The molecule has 5 aromatic rings. The first-order valence-electron chi connectivity index (χ1n) is 9.35. The molecule has 0 aliphatic heterocycles. The van der Waals surface area contributed by atoms with E-state index >= 15 is 0 Å². The number of methoxy groups -OCH3 is 1. The third-order valence-corrected chi connectivity index (χ3v) is 5.64. The predicted octanol–water partition coefficient (Wildman–Crippen LogP) is 4.72. The molecule has 0 spiro atoms. The lowest BCUT2D eigenvalue weighted by Gasteiger charge is -2.09. The summed E-state index contributed by atoms with van der Waals surface area (Å²) in [6.45, 7) is 1.90. The molecule has 5 rings (SSSR count). The molecule has 3 heterocycles. The Bertz CT molecular complexity index is 1520. The Balaban J connectivity index is 1.73. The van der Waals surface area contributed by atoms with E-state index in [0.29, 0.717) is 26.9 Å². The van der Waals surface area contributed by atoms with Crippen molar-refractivity contribution in [2.75, 3.05) is 7.11 Å². The second kappa shape index (κ2) is 7.37. The van der Waals surface area contributed by atoms with Crippen LogP contribution in [0.2, 0.25) is 10.0 Å². The van der Waals surface area contributed by atoms with E-state index in [2.05, 4.69) is 15.3 Å². The summed E-state index contributed by atoms with van der Waals surface area (Å²) in [7, 11) is 1.62. The number of rotatable bonds is 3. The number of hydrogen-bond acceptors (Lipinski definition) is 5. The summed E-state index contributed by atoms with van der Waals surface area (Å²) in [5.74, 6) is 0.760. The second-order valence-corrected chi connectivity index (χ2v) is 7.79. The monoisotopic (exact) mass is 451 g/mol. The minimum Gasteiger partial charge on any atom is -0.497 e. The highest BCUT2D eigenvalue weighted by atomic mass is 35.5. The molecule has 2 aromatic carbocycles. The Morgan fingerprint density at radius 1 is 1.00 bits per heavy atom. The first kappa shape index (κ1) is 19.5.